The van der Waals surface area contributed by atoms with Crippen LogP contribution in [0.5, 0.6) is 5.75 Å². The quantitative estimate of drug-likeness (QED) is 0.802. The molecule has 4 heteroatoms. The van der Waals surface area contributed by atoms with E-state index in [1.54, 1.807) is 19.3 Å². The number of amides is 1. The number of carbonyl (C=O) groups is 1. The van der Waals surface area contributed by atoms with Crippen LogP contribution in [-0.2, 0) is 4.79 Å². The molecule has 4 nitrogen and oxygen atoms in total. The minimum atomic E-state index is 0.0179. The van der Waals surface area contributed by atoms with Gasteiger partial charge in [0.1, 0.15) is 17.3 Å². The normalized spacial score (nSPS) is 17.8. The summed E-state index contributed by atoms with van der Waals surface area (Å²) in [5.41, 5.74) is 1.12. The molecule has 3 rings (SSSR count). The van der Waals surface area contributed by atoms with Crippen LogP contribution >= 0.6 is 0 Å². The van der Waals surface area contributed by atoms with Crippen molar-refractivity contribution in [3.05, 3.63) is 59.6 Å². The standard InChI is InChI=1S/C19H21NO3/c1-14-8-9-16(23-14)10-11-19(21)20-12-4-7-18(20)15-5-3-6-17(13-15)22-2/h3,5-6,8-11,13,18H,4,7,12H2,1-2H3/b11-10+. The first-order chi connectivity index (χ1) is 11.2. The zero-order chi connectivity index (χ0) is 16.2. The second-order valence-corrected chi connectivity index (χ2v) is 5.75. The van der Waals surface area contributed by atoms with Crippen molar-refractivity contribution in [3.63, 3.8) is 0 Å². The maximum atomic E-state index is 12.5. The molecule has 0 saturated carbocycles. The molecule has 1 aromatic carbocycles. The van der Waals surface area contributed by atoms with Crippen LogP contribution in [0.1, 0.15) is 36.0 Å². The molecule has 0 N–H and O–H groups in total. The summed E-state index contributed by atoms with van der Waals surface area (Å²) in [6, 6.07) is 11.8. The number of rotatable bonds is 4. The van der Waals surface area contributed by atoms with Crippen molar-refractivity contribution in [2.45, 2.75) is 25.8 Å². The molecule has 1 aliphatic rings. The largest absolute Gasteiger partial charge is 0.497 e. The number of carbonyl (C=O) groups excluding carboxylic acids is 1. The number of hydrogen-bond acceptors (Lipinski definition) is 3. The molecule has 0 spiro atoms. The highest BCUT2D eigenvalue weighted by Gasteiger charge is 2.28. The third-order valence-electron chi connectivity index (χ3n) is 4.17. The third-order valence-corrected chi connectivity index (χ3v) is 4.17. The summed E-state index contributed by atoms with van der Waals surface area (Å²) < 4.78 is 10.8. The Morgan fingerprint density at radius 1 is 1.35 bits per heavy atom. The van der Waals surface area contributed by atoms with E-state index in [0.29, 0.717) is 5.76 Å². The molecular weight excluding hydrogens is 290 g/mol. The highest BCUT2D eigenvalue weighted by molar-refractivity contribution is 5.92. The van der Waals surface area contributed by atoms with Gasteiger partial charge in [0.05, 0.1) is 13.2 Å². The first-order valence-corrected chi connectivity index (χ1v) is 7.86. The molecule has 1 unspecified atom stereocenters. The van der Waals surface area contributed by atoms with Crippen LogP contribution in [0.3, 0.4) is 0 Å². The predicted molar refractivity (Wildman–Crippen MR) is 89.2 cm³/mol. The number of nitrogens with zero attached hydrogens (tertiary/aromatic N) is 1. The van der Waals surface area contributed by atoms with Crippen molar-refractivity contribution in [1.82, 2.24) is 4.90 Å². The number of hydrogen-bond donors (Lipinski definition) is 0. The van der Waals surface area contributed by atoms with E-state index in [4.69, 9.17) is 9.15 Å². The van der Waals surface area contributed by atoms with E-state index in [2.05, 4.69) is 6.07 Å². The Hall–Kier alpha value is -2.49. The van der Waals surface area contributed by atoms with Crippen molar-refractivity contribution < 1.29 is 13.9 Å². The van der Waals surface area contributed by atoms with Crippen molar-refractivity contribution >= 4 is 12.0 Å². The van der Waals surface area contributed by atoms with E-state index < -0.39 is 0 Å². The van der Waals surface area contributed by atoms with Crippen LogP contribution in [-0.4, -0.2) is 24.5 Å². The van der Waals surface area contributed by atoms with E-state index in [0.717, 1.165) is 36.5 Å². The van der Waals surface area contributed by atoms with Gasteiger partial charge in [-0.2, -0.15) is 0 Å². The SMILES string of the molecule is COc1cccc(C2CCCN2C(=O)/C=C/c2ccc(C)o2)c1. The van der Waals surface area contributed by atoms with Gasteiger partial charge in [-0.1, -0.05) is 12.1 Å². The monoisotopic (exact) mass is 311 g/mol. The number of likely N-dealkylation sites (tertiary alicyclic amines) is 1. The maximum Gasteiger partial charge on any atom is 0.247 e. The summed E-state index contributed by atoms with van der Waals surface area (Å²) in [7, 11) is 1.66. The van der Waals surface area contributed by atoms with Gasteiger partial charge < -0.3 is 14.1 Å². The molecule has 1 saturated heterocycles. The topological polar surface area (TPSA) is 42.7 Å². The Morgan fingerprint density at radius 2 is 2.22 bits per heavy atom. The fraction of sp³-hybridized carbons (Fsp3) is 0.316. The van der Waals surface area contributed by atoms with Crippen LogP contribution in [0.25, 0.3) is 6.08 Å². The first-order valence-electron chi connectivity index (χ1n) is 7.86. The summed E-state index contributed by atoms with van der Waals surface area (Å²) in [6.07, 6.45) is 5.32. The second kappa shape index (κ2) is 6.73. The molecule has 23 heavy (non-hydrogen) atoms. The van der Waals surface area contributed by atoms with Crippen LogP contribution < -0.4 is 4.74 Å². The van der Waals surface area contributed by atoms with E-state index >= 15 is 0 Å². The van der Waals surface area contributed by atoms with E-state index in [1.165, 1.54) is 0 Å². The summed E-state index contributed by atoms with van der Waals surface area (Å²) >= 11 is 0. The highest BCUT2D eigenvalue weighted by atomic mass is 16.5. The van der Waals surface area contributed by atoms with Gasteiger partial charge in [0.2, 0.25) is 5.91 Å². The molecule has 0 radical (unpaired) electrons. The van der Waals surface area contributed by atoms with Gasteiger partial charge >= 0.3 is 0 Å². The molecular formula is C19H21NO3. The first kappa shape index (κ1) is 15.4. The maximum absolute atomic E-state index is 12.5. The molecule has 120 valence electrons. The van der Waals surface area contributed by atoms with Gasteiger partial charge in [-0.25, -0.2) is 0 Å². The van der Waals surface area contributed by atoms with Gasteiger partial charge in [-0.3, -0.25) is 4.79 Å². The van der Waals surface area contributed by atoms with Crippen LogP contribution in [0, 0.1) is 6.92 Å². The summed E-state index contributed by atoms with van der Waals surface area (Å²) in [5.74, 6) is 2.38. The van der Waals surface area contributed by atoms with E-state index in [-0.39, 0.29) is 11.9 Å². The Balaban J connectivity index is 1.75. The lowest BCUT2D eigenvalue weighted by atomic mass is 10.0. The molecule has 1 atom stereocenters. The Labute approximate surface area is 136 Å². The fourth-order valence-corrected chi connectivity index (χ4v) is 3.02. The third kappa shape index (κ3) is 3.47. The van der Waals surface area contributed by atoms with Crippen LogP contribution in [0.15, 0.2) is 46.9 Å². The van der Waals surface area contributed by atoms with Gasteiger partial charge in [-0.05, 0) is 55.7 Å². The summed E-state index contributed by atoms with van der Waals surface area (Å²) in [4.78, 5) is 14.4. The van der Waals surface area contributed by atoms with Crippen molar-refractivity contribution in [3.8, 4) is 5.75 Å². The Kier molecular flexibility index (Phi) is 4.51. The number of benzene rings is 1. The van der Waals surface area contributed by atoms with Crippen molar-refractivity contribution in [1.29, 1.82) is 0 Å². The molecule has 2 aromatic rings. The van der Waals surface area contributed by atoms with Crippen LogP contribution in [0.4, 0.5) is 0 Å². The highest BCUT2D eigenvalue weighted by Crippen LogP contribution is 2.33. The predicted octanol–water partition coefficient (Wildman–Crippen LogP) is 3.97. The molecule has 1 fully saturated rings. The Morgan fingerprint density at radius 3 is 2.96 bits per heavy atom. The minimum Gasteiger partial charge on any atom is -0.497 e. The van der Waals surface area contributed by atoms with Gasteiger partial charge in [-0.15, -0.1) is 0 Å². The zero-order valence-electron chi connectivity index (χ0n) is 13.5. The van der Waals surface area contributed by atoms with Gasteiger partial charge in [0.25, 0.3) is 0 Å². The van der Waals surface area contributed by atoms with Crippen molar-refractivity contribution in [2.75, 3.05) is 13.7 Å². The lowest BCUT2D eigenvalue weighted by Gasteiger charge is -2.24. The average molecular weight is 311 g/mol. The number of methoxy groups -OCH3 is 1. The smallest absolute Gasteiger partial charge is 0.247 e. The second-order valence-electron chi connectivity index (χ2n) is 5.75. The molecule has 0 bridgehead atoms. The zero-order valence-corrected chi connectivity index (χ0v) is 13.5. The number of aryl methyl sites for hydroxylation is 1. The van der Waals surface area contributed by atoms with Crippen LogP contribution in [0.2, 0.25) is 0 Å². The number of furan rings is 1. The fourth-order valence-electron chi connectivity index (χ4n) is 3.02. The van der Waals surface area contributed by atoms with Gasteiger partial charge in [0, 0.05) is 12.6 Å². The molecule has 1 aromatic heterocycles. The Bertz CT molecular complexity index is 717. The lowest BCUT2D eigenvalue weighted by molar-refractivity contribution is -0.126. The van der Waals surface area contributed by atoms with Crippen molar-refractivity contribution in [2.24, 2.45) is 0 Å². The molecule has 2 heterocycles. The summed E-state index contributed by atoms with van der Waals surface area (Å²) in [5, 5.41) is 0. The van der Waals surface area contributed by atoms with Gasteiger partial charge in [0.15, 0.2) is 0 Å². The minimum absolute atomic E-state index is 0.0179. The van der Waals surface area contributed by atoms with E-state index in [1.807, 2.05) is 42.2 Å². The lowest BCUT2D eigenvalue weighted by Crippen LogP contribution is -2.28. The molecule has 1 amide bonds. The molecule has 0 aliphatic carbocycles. The summed E-state index contributed by atoms with van der Waals surface area (Å²) in [6.45, 7) is 2.67. The number of ether oxygens (including phenoxy) is 1. The molecule has 1 aliphatic heterocycles. The van der Waals surface area contributed by atoms with E-state index in [9.17, 15) is 4.79 Å². The average Bonchev–Trinajstić information content (AvgIpc) is 3.21.